The molecular weight excluding hydrogens is 266 g/mol. The largest absolute Gasteiger partial charge is 0.347 e. The third-order valence-corrected chi connectivity index (χ3v) is 3.78. The Morgan fingerprint density at radius 1 is 1.26 bits per heavy atom. The van der Waals surface area contributed by atoms with Crippen molar-refractivity contribution < 1.29 is 8.42 Å². The van der Waals surface area contributed by atoms with Crippen molar-refractivity contribution in [3.8, 4) is 0 Å². The maximum absolute atomic E-state index is 12.0. The summed E-state index contributed by atoms with van der Waals surface area (Å²) in [6.07, 6.45) is 4.60. The topological polar surface area (TPSA) is 99.8 Å². The Balaban J connectivity index is 2.06. The van der Waals surface area contributed by atoms with Crippen LogP contribution in [0, 0.1) is 0 Å². The number of hydrogen-bond donors (Lipinski definition) is 3. The van der Waals surface area contributed by atoms with E-state index in [0.29, 0.717) is 12.2 Å². The lowest BCUT2D eigenvalue weighted by atomic mass is 10.3. The number of aromatic amines is 1. The first-order valence-corrected chi connectivity index (χ1v) is 7.16. The third-order valence-electron chi connectivity index (χ3n) is 2.46. The zero-order valence-electron chi connectivity index (χ0n) is 10.4. The van der Waals surface area contributed by atoms with Crippen LogP contribution in [0.3, 0.4) is 0 Å². The van der Waals surface area contributed by atoms with Crippen LogP contribution in [0.5, 0.6) is 0 Å². The van der Waals surface area contributed by atoms with Crippen LogP contribution in [0.4, 0.5) is 0 Å². The summed E-state index contributed by atoms with van der Waals surface area (Å²) in [4.78, 5) is 10.6. The lowest BCUT2D eigenvalue weighted by Crippen LogP contribution is -2.24. The number of rotatable bonds is 6. The molecule has 0 aliphatic rings. The predicted octanol–water partition coefficient (Wildman–Crippen LogP) is 0.00260. The first-order valence-electron chi connectivity index (χ1n) is 5.68. The van der Waals surface area contributed by atoms with Gasteiger partial charge in [0.15, 0.2) is 5.03 Å². The van der Waals surface area contributed by atoms with Gasteiger partial charge in [0, 0.05) is 24.6 Å². The van der Waals surface area contributed by atoms with Gasteiger partial charge in [-0.1, -0.05) is 6.07 Å². The number of sulfonamides is 1. The summed E-state index contributed by atoms with van der Waals surface area (Å²) in [6, 6.07) is 3.22. The van der Waals surface area contributed by atoms with Crippen molar-refractivity contribution >= 4 is 10.0 Å². The van der Waals surface area contributed by atoms with Gasteiger partial charge in [-0.25, -0.2) is 23.1 Å². The van der Waals surface area contributed by atoms with E-state index < -0.39 is 10.0 Å². The molecule has 3 N–H and O–H groups in total. The fourth-order valence-electron chi connectivity index (χ4n) is 1.51. The molecular formula is C11H15N5O2S. The summed E-state index contributed by atoms with van der Waals surface area (Å²) in [6.45, 7) is 0.803. The average Bonchev–Trinajstić information content (AvgIpc) is 2.91. The van der Waals surface area contributed by atoms with Gasteiger partial charge in [0.25, 0.3) is 10.0 Å². The molecule has 0 unspecified atom stereocenters. The van der Waals surface area contributed by atoms with Crippen molar-refractivity contribution in [2.45, 2.75) is 18.1 Å². The summed E-state index contributed by atoms with van der Waals surface area (Å²) >= 11 is 0. The lowest BCUT2D eigenvalue weighted by molar-refractivity contribution is 0.576. The predicted molar refractivity (Wildman–Crippen MR) is 69.6 cm³/mol. The van der Waals surface area contributed by atoms with Crippen LogP contribution in [-0.2, 0) is 23.1 Å². The van der Waals surface area contributed by atoms with Gasteiger partial charge in [-0.15, -0.1) is 0 Å². The summed E-state index contributed by atoms with van der Waals surface area (Å²) in [5.74, 6) is 0. The molecule has 0 atom stereocenters. The van der Waals surface area contributed by atoms with E-state index in [-0.39, 0.29) is 11.6 Å². The monoisotopic (exact) mass is 281 g/mol. The molecule has 0 saturated heterocycles. The first-order chi connectivity index (χ1) is 9.12. The minimum Gasteiger partial charge on any atom is -0.347 e. The number of imidazole rings is 1. The summed E-state index contributed by atoms with van der Waals surface area (Å²) in [5, 5.41) is 2.98. The Morgan fingerprint density at radius 2 is 2.11 bits per heavy atom. The molecule has 102 valence electrons. The third kappa shape index (κ3) is 3.60. The maximum Gasteiger partial charge on any atom is 0.258 e. The molecule has 0 aliphatic heterocycles. The molecule has 0 fully saturated rings. The van der Waals surface area contributed by atoms with Crippen molar-refractivity contribution in [3.05, 3.63) is 42.1 Å². The van der Waals surface area contributed by atoms with Crippen LogP contribution >= 0.6 is 0 Å². The molecule has 2 aromatic rings. The minimum atomic E-state index is -3.60. The van der Waals surface area contributed by atoms with Crippen LogP contribution in [0.15, 0.2) is 35.9 Å². The second-order valence-corrected chi connectivity index (χ2v) is 5.65. The quantitative estimate of drug-likeness (QED) is 0.692. The molecule has 0 amide bonds. The van der Waals surface area contributed by atoms with Crippen molar-refractivity contribution in [3.63, 3.8) is 0 Å². The fraction of sp³-hybridized carbons (Fsp3) is 0.273. The average molecular weight is 281 g/mol. The summed E-state index contributed by atoms with van der Waals surface area (Å²) in [7, 11) is -1.78. The van der Waals surface area contributed by atoms with E-state index in [0.717, 1.165) is 5.56 Å². The van der Waals surface area contributed by atoms with Gasteiger partial charge < -0.3 is 10.3 Å². The van der Waals surface area contributed by atoms with Gasteiger partial charge in [0.05, 0.1) is 12.9 Å². The Kier molecular flexibility index (Phi) is 4.25. The molecule has 0 radical (unpaired) electrons. The van der Waals surface area contributed by atoms with E-state index in [4.69, 9.17) is 0 Å². The van der Waals surface area contributed by atoms with Gasteiger partial charge in [-0.3, -0.25) is 0 Å². The number of nitrogens with one attached hydrogen (secondary N) is 3. The molecule has 2 heterocycles. The van der Waals surface area contributed by atoms with E-state index in [2.05, 4.69) is 25.0 Å². The smallest absolute Gasteiger partial charge is 0.258 e. The Labute approximate surface area is 111 Å². The molecule has 0 spiro atoms. The minimum absolute atomic E-state index is 0.00636. The molecule has 7 nitrogen and oxygen atoms in total. The van der Waals surface area contributed by atoms with E-state index >= 15 is 0 Å². The summed E-state index contributed by atoms with van der Waals surface area (Å²) in [5.41, 5.74) is 1.62. The molecule has 0 bridgehead atoms. The number of nitrogens with zero attached hydrogens (tertiary/aromatic N) is 2. The highest BCUT2D eigenvalue weighted by molar-refractivity contribution is 7.89. The molecule has 19 heavy (non-hydrogen) atoms. The van der Waals surface area contributed by atoms with Gasteiger partial charge >= 0.3 is 0 Å². The van der Waals surface area contributed by atoms with Crippen LogP contribution in [0.25, 0.3) is 0 Å². The highest BCUT2D eigenvalue weighted by Gasteiger charge is 2.15. The molecule has 2 aromatic heterocycles. The van der Waals surface area contributed by atoms with Crippen molar-refractivity contribution in [2.75, 3.05) is 7.05 Å². The van der Waals surface area contributed by atoms with Crippen molar-refractivity contribution in [1.29, 1.82) is 0 Å². The number of H-pyrrole nitrogens is 1. The van der Waals surface area contributed by atoms with E-state index in [9.17, 15) is 8.42 Å². The fourth-order valence-corrected chi connectivity index (χ4v) is 2.44. The van der Waals surface area contributed by atoms with Gasteiger partial charge in [-0.2, -0.15) is 0 Å². The number of pyridine rings is 1. The van der Waals surface area contributed by atoms with Crippen LogP contribution in [-0.4, -0.2) is 30.4 Å². The lowest BCUT2D eigenvalue weighted by Gasteiger charge is -2.05. The zero-order chi connectivity index (χ0) is 13.7. The van der Waals surface area contributed by atoms with Gasteiger partial charge in [0.2, 0.25) is 0 Å². The van der Waals surface area contributed by atoms with Gasteiger partial charge in [-0.05, 0) is 18.7 Å². The second-order valence-electron chi connectivity index (χ2n) is 3.94. The maximum atomic E-state index is 12.0. The molecule has 0 saturated carbocycles. The van der Waals surface area contributed by atoms with Gasteiger partial charge in [0.1, 0.15) is 0 Å². The summed E-state index contributed by atoms with van der Waals surface area (Å²) < 4.78 is 26.4. The number of aromatic nitrogens is 3. The van der Waals surface area contributed by atoms with E-state index in [1.54, 1.807) is 18.5 Å². The van der Waals surface area contributed by atoms with Crippen molar-refractivity contribution in [2.24, 2.45) is 0 Å². The van der Waals surface area contributed by atoms with Crippen LogP contribution < -0.4 is 10.0 Å². The Hall–Kier alpha value is -1.77. The highest BCUT2D eigenvalue weighted by Crippen LogP contribution is 2.07. The van der Waals surface area contributed by atoms with E-state index in [1.165, 1.54) is 12.4 Å². The Morgan fingerprint density at radius 3 is 2.68 bits per heavy atom. The Bertz CT molecular complexity index is 607. The standard InChI is InChI=1S/C11H15N5O2S/c1-12-4-9-2-3-11(14-5-9)19(17,18)16-7-10-6-13-8-15-10/h2-3,5-6,8,12,16H,4,7H2,1H3,(H,13,15). The molecule has 0 aromatic carbocycles. The zero-order valence-corrected chi connectivity index (χ0v) is 11.2. The highest BCUT2D eigenvalue weighted by atomic mass is 32.2. The SMILES string of the molecule is CNCc1ccc(S(=O)(=O)NCc2cnc[nH]2)nc1. The van der Waals surface area contributed by atoms with Crippen LogP contribution in [0.1, 0.15) is 11.3 Å². The van der Waals surface area contributed by atoms with E-state index in [1.807, 2.05) is 7.05 Å². The normalized spacial score (nSPS) is 11.6. The number of hydrogen-bond acceptors (Lipinski definition) is 5. The van der Waals surface area contributed by atoms with Crippen molar-refractivity contribution in [1.82, 2.24) is 25.0 Å². The molecule has 0 aliphatic carbocycles. The first kappa shape index (κ1) is 13.7. The molecule has 8 heteroatoms. The van der Waals surface area contributed by atoms with Crippen LogP contribution in [0.2, 0.25) is 0 Å². The molecule has 2 rings (SSSR count). The second kappa shape index (κ2) is 5.91.